The third-order valence-electron chi connectivity index (χ3n) is 2.76. The number of nitrogens with two attached hydrogens (primary N) is 1. The average molecular weight is 316 g/mol. The molecule has 0 aliphatic carbocycles. The van der Waals surface area contributed by atoms with Gasteiger partial charge in [0.25, 0.3) is 0 Å². The minimum Gasteiger partial charge on any atom is -0.482 e. The fourth-order valence-electron chi connectivity index (χ4n) is 1.74. The molecule has 0 aliphatic rings. The number of alkyl halides is 3. The van der Waals surface area contributed by atoms with E-state index in [1.54, 1.807) is 0 Å². The van der Waals surface area contributed by atoms with E-state index >= 15 is 0 Å². The van der Waals surface area contributed by atoms with Crippen LogP contribution in [0.5, 0.6) is 11.6 Å². The van der Waals surface area contributed by atoms with E-state index in [0.29, 0.717) is 5.56 Å². The summed E-state index contributed by atoms with van der Waals surface area (Å²) in [4.78, 5) is 3.69. The Morgan fingerprint density at radius 3 is 2.59 bits per heavy atom. The van der Waals surface area contributed by atoms with Crippen molar-refractivity contribution < 1.29 is 27.0 Å². The first kappa shape index (κ1) is 15.9. The highest BCUT2D eigenvalue weighted by Gasteiger charge is 2.28. The van der Waals surface area contributed by atoms with Gasteiger partial charge in [-0.15, -0.1) is 0 Å². The molecule has 118 valence electrons. The summed E-state index contributed by atoms with van der Waals surface area (Å²) in [6, 6.07) is 5.37. The monoisotopic (exact) mass is 316 g/mol. The van der Waals surface area contributed by atoms with Crippen LogP contribution in [0.3, 0.4) is 0 Å². The Hall–Kier alpha value is -2.51. The van der Waals surface area contributed by atoms with Gasteiger partial charge in [0.15, 0.2) is 6.61 Å². The molecule has 4 nitrogen and oxygen atoms in total. The Morgan fingerprint density at radius 2 is 1.95 bits per heavy atom. The van der Waals surface area contributed by atoms with Gasteiger partial charge in [-0.2, -0.15) is 13.2 Å². The highest BCUT2D eigenvalue weighted by Crippen LogP contribution is 2.32. The van der Waals surface area contributed by atoms with Crippen molar-refractivity contribution >= 4 is 5.69 Å². The van der Waals surface area contributed by atoms with Gasteiger partial charge in [-0.05, 0) is 17.7 Å². The van der Waals surface area contributed by atoms with Crippen LogP contribution in [-0.2, 0) is 0 Å². The molecule has 0 spiro atoms. The maximum Gasteiger partial charge on any atom is 0.422 e. The summed E-state index contributed by atoms with van der Waals surface area (Å²) in [6.07, 6.45) is -3.53. The van der Waals surface area contributed by atoms with Gasteiger partial charge >= 0.3 is 6.18 Å². The quantitative estimate of drug-likeness (QED) is 0.693. The molecule has 1 heterocycles. The Labute approximate surface area is 123 Å². The normalized spacial score (nSPS) is 11.3. The highest BCUT2D eigenvalue weighted by atomic mass is 19.4. The van der Waals surface area contributed by atoms with Crippen molar-refractivity contribution in [1.82, 2.24) is 4.98 Å². The molecule has 0 bridgehead atoms. The lowest BCUT2D eigenvalue weighted by Crippen LogP contribution is -2.19. The van der Waals surface area contributed by atoms with E-state index in [2.05, 4.69) is 9.72 Å². The third-order valence-corrected chi connectivity index (χ3v) is 2.76. The third kappa shape index (κ3) is 3.78. The number of hydrogen-bond acceptors (Lipinski definition) is 4. The summed E-state index contributed by atoms with van der Waals surface area (Å²) in [5.41, 5.74) is 6.00. The van der Waals surface area contributed by atoms with Gasteiger partial charge in [-0.1, -0.05) is 6.07 Å². The maximum atomic E-state index is 13.8. The second-order valence-corrected chi connectivity index (χ2v) is 4.36. The first-order valence-corrected chi connectivity index (χ1v) is 6.09. The molecule has 0 saturated heterocycles. The van der Waals surface area contributed by atoms with Crippen molar-refractivity contribution in [2.75, 3.05) is 19.5 Å². The number of ether oxygens (including phenoxy) is 2. The SMILES string of the molecule is COc1cc(-c2ccc(N)c(OCC(F)(F)F)c2)c(F)cn1. The van der Waals surface area contributed by atoms with Gasteiger partial charge in [0.2, 0.25) is 5.88 Å². The van der Waals surface area contributed by atoms with Crippen LogP contribution in [0.15, 0.2) is 30.5 Å². The lowest BCUT2D eigenvalue weighted by molar-refractivity contribution is -0.153. The molecule has 0 aliphatic heterocycles. The number of hydrogen-bond donors (Lipinski definition) is 1. The zero-order valence-electron chi connectivity index (χ0n) is 11.4. The van der Waals surface area contributed by atoms with Gasteiger partial charge in [0.1, 0.15) is 11.6 Å². The molecule has 8 heteroatoms. The van der Waals surface area contributed by atoms with Crippen LogP contribution in [-0.4, -0.2) is 24.9 Å². The minimum absolute atomic E-state index is 0.0226. The van der Waals surface area contributed by atoms with E-state index < -0.39 is 18.6 Å². The number of nitrogens with zero attached hydrogens (tertiary/aromatic N) is 1. The molecule has 0 amide bonds. The van der Waals surface area contributed by atoms with Crippen molar-refractivity contribution in [3.05, 3.63) is 36.3 Å². The van der Waals surface area contributed by atoms with Crippen molar-refractivity contribution in [2.45, 2.75) is 6.18 Å². The van der Waals surface area contributed by atoms with Crippen LogP contribution < -0.4 is 15.2 Å². The molecule has 0 fully saturated rings. The summed E-state index contributed by atoms with van der Waals surface area (Å²) in [5, 5.41) is 0. The van der Waals surface area contributed by atoms with E-state index in [4.69, 9.17) is 10.5 Å². The van der Waals surface area contributed by atoms with E-state index in [9.17, 15) is 17.6 Å². The molecule has 0 unspecified atom stereocenters. The van der Waals surface area contributed by atoms with Gasteiger partial charge in [-0.25, -0.2) is 9.37 Å². The highest BCUT2D eigenvalue weighted by molar-refractivity contribution is 5.70. The summed E-state index contributed by atoms with van der Waals surface area (Å²) in [6.45, 7) is -1.48. The Balaban J connectivity index is 2.37. The lowest BCUT2D eigenvalue weighted by Gasteiger charge is -2.13. The first-order chi connectivity index (χ1) is 10.3. The summed E-state index contributed by atoms with van der Waals surface area (Å²) in [5.74, 6) is -0.650. The van der Waals surface area contributed by atoms with Crippen LogP contribution in [0, 0.1) is 5.82 Å². The smallest absolute Gasteiger partial charge is 0.422 e. The summed E-state index contributed by atoms with van der Waals surface area (Å²) < 4.78 is 60.0. The van der Waals surface area contributed by atoms with E-state index in [-0.39, 0.29) is 22.9 Å². The van der Waals surface area contributed by atoms with Crippen LogP contribution in [0.2, 0.25) is 0 Å². The lowest BCUT2D eigenvalue weighted by atomic mass is 10.1. The van der Waals surface area contributed by atoms with Crippen molar-refractivity contribution in [1.29, 1.82) is 0 Å². The zero-order valence-corrected chi connectivity index (χ0v) is 11.4. The fraction of sp³-hybridized carbons (Fsp3) is 0.214. The number of anilines is 1. The zero-order chi connectivity index (χ0) is 16.3. The Morgan fingerprint density at radius 1 is 1.23 bits per heavy atom. The van der Waals surface area contributed by atoms with Gasteiger partial charge in [0, 0.05) is 11.6 Å². The van der Waals surface area contributed by atoms with Crippen molar-refractivity contribution in [3.63, 3.8) is 0 Å². The van der Waals surface area contributed by atoms with Crippen LogP contribution >= 0.6 is 0 Å². The van der Waals surface area contributed by atoms with Crippen molar-refractivity contribution in [3.8, 4) is 22.8 Å². The average Bonchev–Trinajstić information content (AvgIpc) is 2.46. The summed E-state index contributed by atoms with van der Waals surface area (Å²) >= 11 is 0. The Kier molecular flexibility index (Phi) is 4.39. The molecule has 0 saturated carbocycles. The molecule has 1 aromatic carbocycles. The number of methoxy groups -OCH3 is 1. The first-order valence-electron chi connectivity index (χ1n) is 6.09. The molecular formula is C14H12F4N2O2. The molecule has 1 aromatic heterocycles. The number of nitrogen functional groups attached to an aromatic ring is 1. The predicted octanol–water partition coefficient (Wildman–Crippen LogP) is 3.42. The van der Waals surface area contributed by atoms with E-state index in [1.807, 2.05) is 0 Å². The molecule has 2 aromatic rings. The van der Waals surface area contributed by atoms with Crippen molar-refractivity contribution in [2.24, 2.45) is 0 Å². The van der Waals surface area contributed by atoms with E-state index in [0.717, 1.165) is 6.20 Å². The number of pyridine rings is 1. The van der Waals surface area contributed by atoms with E-state index in [1.165, 1.54) is 31.4 Å². The van der Waals surface area contributed by atoms with Gasteiger partial charge < -0.3 is 15.2 Å². The van der Waals surface area contributed by atoms with Crippen LogP contribution in [0.25, 0.3) is 11.1 Å². The molecule has 22 heavy (non-hydrogen) atoms. The number of rotatable bonds is 4. The molecule has 0 radical (unpaired) electrons. The largest absolute Gasteiger partial charge is 0.482 e. The molecule has 2 N–H and O–H groups in total. The standard InChI is InChI=1S/C14H12F4N2O2/c1-21-13-5-9(10(15)6-20-13)8-2-3-11(19)12(4-8)22-7-14(16,17)18/h2-6H,7,19H2,1H3. The Bertz CT molecular complexity index is 674. The topological polar surface area (TPSA) is 57.4 Å². The predicted molar refractivity (Wildman–Crippen MR) is 72.1 cm³/mol. The minimum atomic E-state index is -4.49. The second kappa shape index (κ2) is 6.08. The number of halogens is 4. The van der Waals surface area contributed by atoms with Crippen LogP contribution in [0.4, 0.5) is 23.2 Å². The maximum absolute atomic E-state index is 13.8. The molecule has 2 rings (SSSR count). The van der Waals surface area contributed by atoms with Gasteiger partial charge in [0.05, 0.1) is 19.0 Å². The van der Waals surface area contributed by atoms with Gasteiger partial charge in [-0.3, -0.25) is 0 Å². The molecular weight excluding hydrogens is 304 g/mol. The van der Waals surface area contributed by atoms with Crippen LogP contribution in [0.1, 0.15) is 0 Å². The fourth-order valence-corrected chi connectivity index (χ4v) is 1.74. The number of aromatic nitrogens is 1. The number of benzene rings is 1. The second-order valence-electron chi connectivity index (χ2n) is 4.36. The summed E-state index contributed by atoms with van der Waals surface area (Å²) in [7, 11) is 1.37. The molecule has 0 atom stereocenters.